The van der Waals surface area contributed by atoms with Gasteiger partial charge in [-0.1, -0.05) is 12.1 Å². The fourth-order valence-corrected chi connectivity index (χ4v) is 2.73. The molecule has 0 unspecified atom stereocenters. The molecule has 0 radical (unpaired) electrons. The topological polar surface area (TPSA) is 88.1 Å². The van der Waals surface area contributed by atoms with Gasteiger partial charge >= 0.3 is 6.03 Å². The summed E-state index contributed by atoms with van der Waals surface area (Å²) in [6.45, 7) is 3.28. The van der Waals surface area contributed by atoms with Gasteiger partial charge in [-0.3, -0.25) is 9.48 Å². The number of urea groups is 1. The lowest BCUT2D eigenvalue weighted by Crippen LogP contribution is -2.37. The highest BCUT2D eigenvalue weighted by atomic mass is 16.2. The van der Waals surface area contributed by atoms with E-state index in [-0.39, 0.29) is 18.0 Å². The van der Waals surface area contributed by atoms with Crippen molar-refractivity contribution in [2.24, 2.45) is 0 Å². The SMILES string of the molecule is C[C@H](NC(=O)NCCCn1cccn1)c1ccc2c(c1)CC(=O)N2. The number of hydrogen-bond acceptors (Lipinski definition) is 3. The summed E-state index contributed by atoms with van der Waals surface area (Å²) in [4.78, 5) is 23.4. The average molecular weight is 327 g/mol. The van der Waals surface area contributed by atoms with Crippen molar-refractivity contribution in [3.05, 3.63) is 47.8 Å². The third kappa shape index (κ3) is 3.92. The average Bonchev–Trinajstić information content (AvgIpc) is 3.18. The van der Waals surface area contributed by atoms with Crippen LogP contribution in [0, 0.1) is 0 Å². The Balaban J connectivity index is 1.44. The molecule has 1 aromatic heterocycles. The number of aryl methyl sites for hydroxylation is 1. The molecule has 2 heterocycles. The van der Waals surface area contributed by atoms with Gasteiger partial charge in [0.05, 0.1) is 12.5 Å². The molecule has 7 nitrogen and oxygen atoms in total. The van der Waals surface area contributed by atoms with Gasteiger partial charge in [-0.25, -0.2) is 4.79 Å². The van der Waals surface area contributed by atoms with E-state index in [2.05, 4.69) is 21.0 Å². The third-order valence-electron chi connectivity index (χ3n) is 4.01. The van der Waals surface area contributed by atoms with Crippen molar-refractivity contribution in [2.45, 2.75) is 32.4 Å². The smallest absolute Gasteiger partial charge is 0.315 e. The molecule has 1 aliphatic rings. The number of hydrogen-bond donors (Lipinski definition) is 3. The van der Waals surface area contributed by atoms with Crippen molar-refractivity contribution in [3.8, 4) is 0 Å². The molecule has 1 aliphatic heterocycles. The molecule has 1 atom stereocenters. The summed E-state index contributed by atoms with van der Waals surface area (Å²) in [5.74, 6) is 0.0117. The predicted molar refractivity (Wildman–Crippen MR) is 90.6 cm³/mol. The van der Waals surface area contributed by atoms with Crippen LogP contribution in [-0.2, 0) is 17.8 Å². The second-order valence-electron chi connectivity index (χ2n) is 5.89. The van der Waals surface area contributed by atoms with E-state index < -0.39 is 0 Å². The Bertz CT molecular complexity index is 727. The first-order chi connectivity index (χ1) is 11.6. The van der Waals surface area contributed by atoms with Crippen molar-refractivity contribution in [1.29, 1.82) is 0 Å². The van der Waals surface area contributed by atoms with Crippen molar-refractivity contribution >= 4 is 17.6 Å². The van der Waals surface area contributed by atoms with E-state index in [9.17, 15) is 9.59 Å². The second-order valence-corrected chi connectivity index (χ2v) is 5.89. The van der Waals surface area contributed by atoms with Gasteiger partial charge in [0.25, 0.3) is 0 Å². The number of aromatic nitrogens is 2. The van der Waals surface area contributed by atoms with Gasteiger partial charge < -0.3 is 16.0 Å². The first-order valence-corrected chi connectivity index (χ1v) is 8.06. The van der Waals surface area contributed by atoms with Gasteiger partial charge in [0.1, 0.15) is 0 Å². The molecule has 3 N–H and O–H groups in total. The molecule has 1 aromatic carbocycles. The van der Waals surface area contributed by atoms with E-state index in [1.165, 1.54) is 0 Å². The van der Waals surface area contributed by atoms with E-state index in [0.717, 1.165) is 29.8 Å². The molecule has 7 heteroatoms. The van der Waals surface area contributed by atoms with Gasteiger partial charge in [0, 0.05) is 31.2 Å². The molecule has 3 rings (SSSR count). The van der Waals surface area contributed by atoms with Crippen LogP contribution in [0.15, 0.2) is 36.7 Å². The normalized spacial score (nSPS) is 14.0. The minimum absolute atomic E-state index is 0.0117. The Labute approximate surface area is 140 Å². The molecule has 2 aromatic rings. The predicted octanol–water partition coefficient (Wildman–Crippen LogP) is 1.83. The third-order valence-corrected chi connectivity index (χ3v) is 4.01. The van der Waals surface area contributed by atoms with Crippen LogP contribution in [0.1, 0.15) is 30.5 Å². The highest BCUT2D eigenvalue weighted by molar-refractivity contribution is 5.99. The molecule has 3 amide bonds. The van der Waals surface area contributed by atoms with E-state index in [1.54, 1.807) is 6.20 Å². The summed E-state index contributed by atoms with van der Waals surface area (Å²) in [6.07, 6.45) is 4.85. The van der Waals surface area contributed by atoms with Crippen LogP contribution in [-0.4, -0.2) is 28.3 Å². The standard InChI is InChI=1S/C17H21N5O2/c1-12(13-4-5-15-14(10-13)11-16(23)21-15)20-17(24)18-6-2-8-22-9-3-7-19-22/h3-5,7,9-10,12H,2,6,8,11H2,1H3,(H,21,23)(H2,18,20,24)/t12-/m0/s1. The molecule has 0 spiro atoms. The summed E-state index contributed by atoms with van der Waals surface area (Å²) in [6, 6.07) is 7.33. The maximum atomic E-state index is 12.0. The number of nitrogens with one attached hydrogen (secondary N) is 3. The number of rotatable bonds is 6. The monoisotopic (exact) mass is 327 g/mol. The lowest BCUT2D eigenvalue weighted by molar-refractivity contribution is -0.115. The zero-order chi connectivity index (χ0) is 16.9. The highest BCUT2D eigenvalue weighted by Gasteiger charge is 2.19. The summed E-state index contributed by atoms with van der Waals surface area (Å²) < 4.78 is 1.84. The maximum absolute atomic E-state index is 12.0. The Morgan fingerprint density at radius 2 is 2.33 bits per heavy atom. The molecular formula is C17H21N5O2. The highest BCUT2D eigenvalue weighted by Crippen LogP contribution is 2.26. The van der Waals surface area contributed by atoms with Crippen molar-refractivity contribution < 1.29 is 9.59 Å². The zero-order valence-electron chi connectivity index (χ0n) is 13.6. The lowest BCUT2D eigenvalue weighted by Gasteiger charge is -2.16. The minimum atomic E-state index is -0.197. The number of carbonyl (C=O) groups is 2. The summed E-state index contributed by atoms with van der Waals surface area (Å²) in [5, 5.41) is 12.7. The zero-order valence-corrected chi connectivity index (χ0v) is 13.6. The molecule has 0 saturated heterocycles. The Kier molecular flexibility index (Phi) is 4.79. The maximum Gasteiger partial charge on any atom is 0.315 e. The molecule has 0 aliphatic carbocycles. The van der Waals surface area contributed by atoms with Crippen LogP contribution < -0.4 is 16.0 Å². The van der Waals surface area contributed by atoms with Crippen molar-refractivity contribution in [1.82, 2.24) is 20.4 Å². The van der Waals surface area contributed by atoms with E-state index in [0.29, 0.717) is 13.0 Å². The number of anilines is 1. The number of amides is 3. The van der Waals surface area contributed by atoms with Crippen molar-refractivity contribution in [3.63, 3.8) is 0 Å². The number of fused-ring (bicyclic) bond motifs is 1. The first-order valence-electron chi connectivity index (χ1n) is 8.06. The van der Waals surface area contributed by atoms with Crippen LogP contribution in [0.2, 0.25) is 0 Å². The van der Waals surface area contributed by atoms with Crippen LogP contribution >= 0.6 is 0 Å². The Morgan fingerprint density at radius 1 is 1.46 bits per heavy atom. The van der Waals surface area contributed by atoms with Gasteiger partial charge in [-0.05, 0) is 36.6 Å². The van der Waals surface area contributed by atoms with Gasteiger partial charge in [-0.2, -0.15) is 5.10 Å². The Hall–Kier alpha value is -2.83. The van der Waals surface area contributed by atoms with Crippen LogP contribution in [0.5, 0.6) is 0 Å². The summed E-state index contributed by atoms with van der Waals surface area (Å²) in [5.41, 5.74) is 2.82. The first kappa shape index (κ1) is 16.0. The van der Waals surface area contributed by atoms with Crippen LogP contribution in [0.4, 0.5) is 10.5 Å². The van der Waals surface area contributed by atoms with Crippen LogP contribution in [0.25, 0.3) is 0 Å². The molecule has 0 fully saturated rings. The fourth-order valence-electron chi connectivity index (χ4n) is 2.73. The summed E-state index contributed by atoms with van der Waals surface area (Å²) in [7, 11) is 0. The van der Waals surface area contributed by atoms with E-state index >= 15 is 0 Å². The largest absolute Gasteiger partial charge is 0.338 e. The second kappa shape index (κ2) is 7.16. The lowest BCUT2D eigenvalue weighted by atomic mass is 10.0. The molecule has 0 bridgehead atoms. The quantitative estimate of drug-likeness (QED) is 0.707. The minimum Gasteiger partial charge on any atom is -0.338 e. The molecule has 24 heavy (non-hydrogen) atoms. The van der Waals surface area contributed by atoms with Gasteiger partial charge in [-0.15, -0.1) is 0 Å². The molecule has 0 saturated carbocycles. The fraction of sp³-hybridized carbons (Fsp3) is 0.353. The van der Waals surface area contributed by atoms with E-state index in [4.69, 9.17) is 0 Å². The van der Waals surface area contributed by atoms with E-state index in [1.807, 2.05) is 42.1 Å². The van der Waals surface area contributed by atoms with Crippen LogP contribution in [0.3, 0.4) is 0 Å². The summed E-state index contributed by atoms with van der Waals surface area (Å²) >= 11 is 0. The number of nitrogens with zero attached hydrogens (tertiary/aromatic N) is 2. The molecular weight excluding hydrogens is 306 g/mol. The number of carbonyl (C=O) groups excluding carboxylic acids is 2. The Morgan fingerprint density at radius 3 is 3.12 bits per heavy atom. The van der Waals surface area contributed by atoms with Gasteiger partial charge in [0.2, 0.25) is 5.91 Å². The number of benzene rings is 1. The van der Waals surface area contributed by atoms with Gasteiger partial charge in [0.15, 0.2) is 0 Å². The van der Waals surface area contributed by atoms with Crippen molar-refractivity contribution in [2.75, 3.05) is 11.9 Å². The molecule has 126 valence electrons.